The molecule has 3 N–H and O–H groups in total. The number of hydrogen-bond donors (Lipinski definition) is 3. The summed E-state index contributed by atoms with van der Waals surface area (Å²) in [5.41, 5.74) is 0. The number of nitrogens with zero attached hydrogens (tertiary/aromatic N) is 1. The Morgan fingerprint density at radius 1 is 0.625 bits per heavy atom. The molecule has 0 fully saturated rings. The normalized spacial score (nSPS) is 14.2. The summed E-state index contributed by atoms with van der Waals surface area (Å²) in [4.78, 5) is 0.111. The summed E-state index contributed by atoms with van der Waals surface area (Å²) in [5.74, 6) is -4.11. The fourth-order valence-corrected chi connectivity index (χ4v) is 3.08. The molecule has 0 aromatic rings. The molecule has 0 radical (unpaired) electrons. The molecule has 0 unspecified atom stereocenters. The Morgan fingerprint density at radius 3 is 0.938 bits per heavy atom. The molecule has 10 nitrogen and oxygen atoms in total. The first-order chi connectivity index (χ1) is 6.79. The monoisotopic (exact) mass is 299 g/mol. The first-order valence-corrected chi connectivity index (χ1v) is 8.19. The van der Waals surface area contributed by atoms with Crippen LogP contribution in [0.4, 0.5) is 0 Å². The van der Waals surface area contributed by atoms with Crippen molar-refractivity contribution < 1.29 is 38.9 Å². The number of rotatable bonds is 6. The highest BCUT2D eigenvalue weighted by molar-refractivity contribution is 7.87. The minimum Gasteiger partial charge on any atom is -0.285 e. The maximum absolute atomic E-state index is 10.4. The van der Waals surface area contributed by atoms with Crippen molar-refractivity contribution in [1.29, 1.82) is 0 Å². The van der Waals surface area contributed by atoms with Crippen LogP contribution in [0.2, 0.25) is 0 Å². The molecule has 0 atom stereocenters. The fourth-order valence-electron chi connectivity index (χ4n) is 0.804. The minimum absolute atomic E-state index is 0.111. The van der Waals surface area contributed by atoms with Crippen molar-refractivity contribution in [2.45, 2.75) is 0 Å². The molecule has 13 heteroatoms. The molecule has 0 aliphatic heterocycles. The Morgan fingerprint density at radius 2 is 0.812 bits per heavy atom. The molecular formula is C3H9NO9S3. The van der Waals surface area contributed by atoms with Crippen molar-refractivity contribution in [3.8, 4) is 0 Å². The van der Waals surface area contributed by atoms with E-state index in [1.54, 1.807) is 0 Å². The largest absolute Gasteiger partial charge is 0.285 e. The summed E-state index contributed by atoms with van der Waals surface area (Å²) in [6, 6.07) is 0. The Kier molecular flexibility index (Phi) is 4.81. The van der Waals surface area contributed by atoms with E-state index in [0.717, 1.165) is 0 Å². The first kappa shape index (κ1) is 15.7. The molecule has 16 heavy (non-hydrogen) atoms. The van der Waals surface area contributed by atoms with Crippen LogP contribution in [0.1, 0.15) is 0 Å². The van der Waals surface area contributed by atoms with Gasteiger partial charge in [0.15, 0.2) is 0 Å². The fraction of sp³-hybridized carbons (Fsp3) is 1.00. The molecule has 0 aliphatic carbocycles. The van der Waals surface area contributed by atoms with Gasteiger partial charge < -0.3 is 0 Å². The van der Waals surface area contributed by atoms with Gasteiger partial charge in [-0.05, 0) is 0 Å². The van der Waals surface area contributed by atoms with Crippen LogP contribution in [0.25, 0.3) is 0 Å². The van der Waals surface area contributed by atoms with Crippen molar-refractivity contribution >= 4 is 30.4 Å². The highest BCUT2D eigenvalue weighted by Gasteiger charge is 2.23. The zero-order chi connectivity index (χ0) is 13.2. The van der Waals surface area contributed by atoms with Crippen molar-refractivity contribution in [1.82, 2.24) is 4.90 Å². The van der Waals surface area contributed by atoms with Gasteiger partial charge in [-0.25, -0.2) is 0 Å². The highest BCUT2D eigenvalue weighted by atomic mass is 32.2. The van der Waals surface area contributed by atoms with E-state index in [4.69, 9.17) is 13.7 Å². The van der Waals surface area contributed by atoms with Crippen molar-refractivity contribution in [2.75, 3.05) is 17.6 Å². The van der Waals surface area contributed by atoms with Gasteiger partial charge in [-0.3, -0.25) is 18.6 Å². The second-order valence-corrected chi connectivity index (χ2v) is 7.07. The summed E-state index contributed by atoms with van der Waals surface area (Å²) in [6.07, 6.45) is 0. The Balaban J connectivity index is 4.93. The third kappa shape index (κ3) is 10.2. The van der Waals surface area contributed by atoms with E-state index < -0.39 is 48.0 Å². The smallest absolute Gasteiger partial charge is 0.278 e. The highest BCUT2D eigenvalue weighted by Crippen LogP contribution is 2.00. The maximum Gasteiger partial charge on any atom is 0.278 e. The van der Waals surface area contributed by atoms with Gasteiger partial charge in [-0.2, -0.15) is 25.3 Å². The molecule has 0 bridgehead atoms. The third-order valence-corrected chi connectivity index (χ3v) is 3.11. The average molecular weight is 299 g/mol. The second-order valence-electron chi connectivity index (χ2n) is 2.80. The van der Waals surface area contributed by atoms with E-state index in [-0.39, 0.29) is 4.90 Å². The molecule has 0 rings (SSSR count). The summed E-state index contributed by atoms with van der Waals surface area (Å²) < 4.78 is 87.3. The van der Waals surface area contributed by atoms with E-state index in [9.17, 15) is 25.3 Å². The first-order valence-electron chi connectivity index (χ1n) is 3.36. The summed E-state index contributed by atoms with van der Waals surface area (Å²) in [6.45, 7) is 0. The molecule has 0 heterocycles. The van der Waals surface area contributed by atoms with Gasteiger partial charge in [0.25, 0.3) is 30.4 Å². The van der Waals surface area contributed by atoms with Crippen LogP contribution < -0.4 is 0 Å². The lowest BCUT2D eigenvalue weighted by molar-refractivity contribution is 0.353. The van der Waals surface area contributed by atoms with Gasteiger partial charge >= 0.3 is 0 Å². The van der Waals surface area contributed by atoms with Crippen molar-refractivity contribution in [3.05, 3.63) is 0 Å². The van der Waals surface area contributed by atoms with E-state index >= 15 is 0 Å². The van der Waals surface area contributed by atoms with Crippen molar-refractivity contribution in [3.63, 3.8) is 0 Å². The predicted molar refractivity (Wildman–Crippen MR) is 51.1 cm³/mol. The van der Waals surface area contributed by atoms with E-state index in [2.05, 4.69) is 0 Å². The van der Waals surface area contributed by atoms with Gasteiger partial charge in [-0.15, -0.1) is 0 Å². The van der Waals surface area contributed by atoms with Crippen LogP contribution in [0.15, 0.2) is 0 Å². The standard InChI is InChI=1S/C3H9NO9S3/c5-14(6,7)1-4(2-15(8,9)10)3-16(11,12)13/h1-3H2,(H,5,6,7)(H,8,9,10)(H,11,12,13). The zero-order valence-electron chi connectivity index (χ0n) is 7.58. The van der Waals surface area contributed by atoms with Gasteiger partial charge in [0.2, 0.25) is 0 Å². The lowest BCUT2D eigenvalue weighted by atomic mass is 11.0. The van der Waals surface area contributed by atoms with Gasteiger partial charge in [0.1, 0.15) is 17.6 Å². The second kappa shape index (κ2) is 4.91. The van der Waals surface area contributed by atoms with Crippen LogP contribution in [-0.4, -0.2) is 61.4 Å². The Bertz CT molecular complexity index is 446. The summed E-state index contributed by atoms with van der Waals surface area (Å²) in [7, 11) is -14.1. The molecule has 0 aromatic carbocycles. The van der Waals surface area contributed by atoms with Gasteiger partial charge in [0, 0.05) is 0 Å². The topological polar surface area (TPSA) is 166 Å². The molecular weight excluding hydrogens is 290 g/mol. The molecule has 0 aromatic heterocycles. The SMILES string of the molecule is O=S(=O)(O)CN(CS(=O)(=O)O)CS(=O)(=O)O. The van der Waals surface area contributed by atoms with Gasteiger partial charge in [-0.1, -0.05) is 0 Å². The minimum atomic E-state index is -4.69. The van der Waals surface area contributed by atoms with E-state index in [0.29, 0.717) is 0 Å². The third-order valence-electron chi connectivity index (χ3n) is 1.04. The lowest BCUT2D eigenvalue weighted by Crippen LogP contribution is -2.37. The quantitative estimate of drug-likeness (QED) is 0.459. The van der Waals surface area contributed by atoms with Crippen LogP contribution in [-0.2, 0) is 30.4 Å². The molecule has 0 saturated carbocycles. The Labute approximate surface area is 92.1 Å². The molecule has 0 spiro atoms. The van der Waals surface area contributed by atoms with Crippen LogP contribution in [0.5, 0.6) is 0 Å². The predicted octanol–water partition coefficient (Wildman–Crippen LogP) is -2.18. The zero-order valence-corrected chi connectivity index (χ0v) is 10.0. The van der Waals surface area contributed by atoms with Crippen LogP contribution >= 0.6 is 0 Å². The average Bonchev–Trinajstić information content (AvgIpc) is 1.70. The van der Waals surface area contributed by atoms with Crippen molar-refractivity contribution in [2.24, 2.45) is 0 Å². The molecule has 98 valence electrons. The molecule has 0 saturated heterocycles. The summed E-state index contributed by atoms with van der Waals surface area (Å²) >= 11 is 0. The van der Waals surface area contributed by atoms with Gasteiger partial charge in [0.05, 0.1) is 0 Å². The molecule has 0 aliphatic rings. The maximum atomic E-state index is 10.4. The lowest BCUT2D eigenvalue weighted by Gasteiger charge is -2.16. The summed E-state index contributed by atoms with van der Waals surface area (Å²) in [5, 5.41) is 0. The van der Waals surface area contributed by atoms with Crippen LogP contribution in [0, 0.1) is 0 Å². The Hall–Kier alpha value is -0.310. The van der Waals surface area contributed by atoms with E-state index in [1.165, 1.54) is 0 Å². The van der Waals surface area contributed by atoms with E-state index in [1.807, 2.05) is 0 Å². The van der Waals surface area contributed by atoms with Crippen LogP contribution in [0.3, 0.4) is 0 Å². The molecule has 0 amide bonds. The number of hydrogen-bond acceptors (Lipinski definition) is 7.